The van der Waals surface area contributed by atoms with Crippen molar-refractivity contribution in [1.82, 2.24) is 10.2 Å². The number of aliphatic hydroxyl groups excluding tert-OH is 1. The molecule has 3 N–H and O–H groups in total. The number of nitrogens with one attached hydrogen (secondary N) is 1. The van der Waals surface area contributed by atoms with E-state index in [2.05, 4.69) is 26.1 Å². The van der Waals surface area contributed by atoms with E-state index < -0.39 is 17.9 Å². The van der Waals surface area contributed by atoms with E-state index in [0.29, 0.717) is 35.3 Å². The van der Waals surface area contributed by atoms with Crippen LogP contribution in [0.2, 0.25) is 0 Å². The van der Waals surface area contributed by atoms with Crippen molar-refractivity contribution in [2.75, 3.05) is 6.54 Å². The monoisotopic (exact) mass is 583 g/mol. The summed E-state index contributed by atoms with van der Waals surface area (Å²) in [6, 6.07) is 24.6. The Kier molecular flexibility index (Phi) is 9.28. The lowest BCUT2D eigenvalue weighted by Gasteiger charge is -2.47. The Bertz CT molecular complexity index is 1430. The van der Waals surface area contributed by atoms with Gasteiger partial charge < -0.3 is 19.8 Å². The number of carbonyl (C=O) groups is 2. The smallest absolute Gasteiger partial charge is 0.304 e. The predicted octanol–water partition coefficient (Wildman–Crippen LogP) is 6.47. The summed E-state index contributed by atoms with van der Waals surface area (Å²) in [7, 11) is 0. The van der Waals surface area contributed by atoms with Gasteiger partial charge in [0.25, 0.3) is 5.91 Å². The fourth-order valence-electron chi connectivity index (χ4n) is 6.78. The molecule has 3 aromatic rings. The average Bonchev–Trinajstić information content (AvgIpc) is 3.24. The van der Waals surface area contributed by atoms with Gasteiger partial charge >= 0.3 is 5.97 Å². The number of carbonyl (C=O) groups excluding carboxylic acids is 1. The summed E-state index contributed by atoms with van der Waals surface area (Å²) in [6.45, 7) is 6.75. The maximum absolute atomic E-state index is 14.4. The first kappa shape index (κ1) is 30.4. The molecule has 43 heavy (non-hydrogen) atoms. The van der Waals surface area contributed by atoms with E-state index in [0.717, 1.165) is 36.1 Å². The quantitative estimate of drug-likeness (QED) is 0.223. The van der Waals surface area contributed by atoms with Crippen molar-refractivity contribution >= 4 is 17.6 Å². The van der Waals surface area contributed by atoms with Gasteiger partial charge in [-0.05, 0) is 85.0 Å². The van der Waals surface area contributed by atoms with Gasteiger partial charge in [-0.15, -0.1) is 0 Å². The molecule has 0 aromatic heterocycles. The van der Waals surface area contributed by atoms with Crippen molar-refractivity contribution in [3.05, 3.63) is 95.6 Å². The highest BCUT2D eigenvalue weighted by atomic mass is 16.5. The third kappa shape index (κ3) is 6.81. The number of carboxylic acid groups (broad SMARTS) is 1. The molecule has 1 heterocycles. The number of hydrogen-bond donors (Lipinski definition) is 3. The van der Waals surface area contributed by atoms with Crippen LogP contribution in [0, 0.1) is 11.8 Å². The predicted molar refractivity (Wildman–Crippen MR) is 166 cm³/mol. The highest BCUT2D eigenvalue weighted by Gasteiger charge is 2.52. The number of carboxylic acids is 1. The number of aliphatic hydroxyl groups is 1. The van der Waals surface area contributed by atoms with Gasteiger partial charge in [-0.3, -0.25) is 19.9 Å². The minimum atomic E-state index is -0.975. The van der Waals surface area contributed by atoms with Gasteiger partial charge in [-0.1, -0.05) is 63.2 Å². The van der Waals surface area contributed by atoms with E-state index >= 15 is 0 Å². The van der Waals surface area contributed by atoms with Crippen molar-refractivity contribution in [3.63, 3.8) is 0 Å². The molecule has 0 bridgehead atoms. The van der Waals surface area contributed by atoms with Crippen LogP contribution in [0.15, 0.2) is 83.9 Å². The molecule has 226 valence electrons. The van der Waals surface area contributed by atoms with Crippen molar-refractivity contribution < 1.29 is 24.5 Å². The lowest BCUT2D eigenvalue weighted by molar-refractivity contribution is -0.137. The van der Waals surface area contributed by atoms with Crippen LogP contribution in [-0.2, 0) is 9.59 Å². The van der Waals surface area contributed by atoms with Gasteiger partial charge in [-0.2, -0.15) is 0 Å². The van der Waals surface area contributed by atoms with E-state index in [-0.39, 0.29) is 24.9 Å². The lowest BCUT2D eigenvalue weighted by atomic mass is 9.75. The van der Waals surface area contributed by atoms with Crippen LogP contribution in [0.1, 0.15) is 81.8 Å². The second-order valence-electron chi connectivity index (χ2n) is 12.0. The molecule has 8 nitrogen and oxygen atoms in total. The molecule has 5 rings (SSSR count). The fraction of sp³-hybridized carbons (Fsp3) is 0.400. The topological polar surface area (TPSA) is 111 Å². The number of rotatable bonds is 11. The van der Waals surface area contributed by atoms with Gasteiger partial charge in [0.15, 0.2) is 0 Å². The summed E-state index contributed by atoms with van der Waals surface area (Å²) in [6.07, 6.45) is 2.39. The van der Waals surface area contributed by atoms with Crippen LogP contribution in [-0.4, -0.2) is 44.9 Å². The van der Waals surface area contributed by atoms with Gasteiger partial charge in [0.05, 0.1) is 12.5 Å². The van der Waals surface area contributed by atoms with Crippen molar-refractivity contribution in [1.29, 1.82) is 0 Å². The summed E-state index contributed by atoms with van der Waals surface area (Å²) in [5, 5.41) is 22.2. The number of nitrogens with zero attached hydrogens (tertiary/aromatic N) is 2. The van der Waals surface area contributed by atoms with E-state index in [1.54, 1.807) is 0 Å². The Morgan fingerprint density at radius 3 is 2.19 bits per heavy atom. The van der Waals surface area contributed by atoms with Crippen molar-refractivity contribution in [2.45, 2.75) is 70.8 Å². The zero-order chi connectivity index (χ0) is 30.6. The molecule has 1 fully saturated rings. The van der Waals surface area contributed by atoms with Gasteiger partial charge in [0.1, 0.15) is 29.1 Å². The first-order valence-corrected chi connectivity index (χ1v) is 15.2. The highest BCUT2D eigenvalue weighted by molar-refractivity contribution is 6.46. The summed E-state index contributed by atoms with van der Waals surface area (Å²) in [5.74, 6) is 1.31. The minimum absolute atomic E-state index is 0.0654. The Hall–Kier alpha value is -4.01. The van der Waals surface area contributed by atoms with Crippen LogP contribution in [0.4, 0.5) is 0 Å². The Morgan fingerprint density at radius 1 is 0.977 bits per heavy atom. The van der Waals surface area contributed by atoms with Crippen LogP contribution in [0.5, 0.6) is 11.5 Å². The Morgan fingerprint density at radius 2 is 1.58 bits per heavy atom. The molecule has 1 spiro atoms. The average molecular weight is 584 g/mol. The molecule has 3 unspecified atom stereocenters. The fourth-order valence-corrected chi connectivity index (χ4v) is 6.78. The molecule has 1 saturated carbocycles. The first-order chi connectivity index (χ1) is 20.7. The highest BCUT2D eigenvalue weighted by Crippen LogP contribution is 2.48. The standard InChI is InChI=1S/C35H41N3O5/c1-4-30(25-10-12-27(13-11-25)33(41)36-19-18-31(39)40)38-34(42)32(37-35(38)21-23(2)20-24(3)22-35)26-14-16-29(17-15-26)43-28-8-6-5-7-9-28/h5-17,23-24,30,33,36,41H,4,18-22H2,1-3H3,(H,39,40)/t23?,24?,30-,33?,35?/m1/s1. The third-order valence-corrected chi connectivity index (χ3v) is 8.46. The lowest BCUT2D eigenvalue weighted by Crippen LogP contribution is -2.52. The maximum atomic E-state index is 14.4. The molecule has 1 amide bonds. The van der Waals surface area contributed by atoms with Crippen LogP contribution in [0.25, 0.3) is 0 Å². The molecule has 8 heteroatoms. The number of para-hydroxylation sites is 1. The van der Waals surface area contributed by atoms with Gasteiger partial charge in [-0.25, -0.2) is 0 Å². The number of ether oxygens (including phenoxy) is 1. The van der Waals surface area contributed by atoms with Gasteiger partial charge in [0, 0.05) is 12.1 Å². The first-order valence-electron chi connectivity index (χ1n) is 15.2. The summed E-state index contributed by atoms with van der Waals surface area (Å²) in [5.41, 5.74) is 2.26. The molecule has 1 aliphatic carbocycles. The molecular formula is C35H41N3O5. The zero-order valence-electron chi connectivity index (χ0n) is 25.1. The maximum Gasteiger partial charge on any atom is 0.304 e. The number of aliphatic carboxylic acids is 1. The minimum Gasteiger partial charge on any atom is -0.481 e. The van der Waals surface area contributed by atoms with Crippen LogP contribution < -0.4 is 10.1 Å². The molecule has 1 aliphatic heterocycles. The second-order valence-corrected chi connectivity index (χ2v) is 12.0. The van der Waals surface area contributed by atoms with Crippen LogP contribution >= 0.6 is 0 Å². The van der Waals surface area contributed by atoms with Gasteiger partial charge in [0.2, 0.25) is 0 Å². The SMILES string of the molecule is CC[C@H](c1ccc(C(O)NCCC(=O)O)cc1)N1C(=O)C(c2ccc(Oc3ccccc3)cc2)=NC12CC(C)CC(C)C2. The molecule has 3 aromatic carbocycles. The normalized spacial score (nSPS) is 23.2. The largest absolute Gasteiger partial charge is 0.481 e. The van der Waals surface area contributed by atoms with Crippen molar-refractivity contribution in [3.8, 4) is 11.5 Å². The number of hydrogen-bond acceptors (Lipinski definition) is 6. The molecule has 0 saturated heterocycles. The van der Waals surface area contributed by atoms with E-state index in [4.69, 9.17) is 14.8 Å². The molecule has 0 radical (unpaired) electrons. The molecule has 2 aliphatic rings. The second kappa shape index (κ2) is 13.1. The zero-order valence-corrected chi connectivity index (χ0v) is 25.1. The number of benzene rings is 3. The van der Waals surface area contributed by atoms with E-state index in [1.807, 2.05) is 83.8 Å². The van der Waals surface area contributed by atoms with E-state index in [1.165, 1.54) is 0 Å². The molecule has 4 atom stereocenters. The summed E-state index contributed by atoms with van der Waals surface area (Å²) < 4.78 is 5.97. The number of aliphatic imine (C=N–C) groups is 1. The number of amides is 1. The Labute approximate surface area is 253 Å². The van der Waals surface area contributed by atoms with E-state index in [9.17, 15) is 14.7 Å². The summed E-state index contributed by atoms with van der Waals surface area (Å²) in [4.78, 5) is 32.5. The Balaban J connectivity index is 1.42. The van der Waals surface area contributed by atoms with Crippen LogP contribution in [0.3, 0.4) is 0 Å². The summed E-state index contributed by atoms with van der Waals surface area (Å²) >= 11 is 0. The third-order valence-electron chi connectivity index (χ3n) is 8.46. The van der Waals surface area contributed by atoms with Crippen molar-refractivity contribution in [2.24, 2.45) is 16.8 Å². The molecular weight excluding hydrogens is 542 g/mol.